The lowest BCUT2D eigenvalue weighted by Gasteiger charge is -2.19. The minimum atomic E-state index is -4.23. The second kappa shape index (κ2) is 5.55. The Morgan fingerprint density at radius 2 is 1.81 bits per heavy atom. The summed E-state index contributed by atoms with van der Waals surface area (Å²) in [7, 11) is 0. The fourth-order valence-corrected chi connectivity index (χ4v) is 1.52. The summed E-state index contributed by atoms with van der Waals surface area (Å²) >= 11 is 0. The number of alkyl halides is 3. The molecule has 0 aliphatic rings. The summed E-state index contributed by atoms with van der Waals surface area (Å²) in [5.41, 5.74) is 0.655. The molecule has 0 N–H and O–H groups in total. The smallest absolute Gasteiger partial charge is 0.198 e. The molecule has 0 saturated carbocycles. The van der Waals surface area contributed by atoms with E-state index in [4.69, 9.17) is 5.26 Å². The summed E-state index contributed by atoms with van der Waals surface area (Å²) in [6.45, 7) is 0. The topological polar surface area (TPSA) is 23.8 Å². The molecule has 1 aromatic carbocycles. The number of benzene rings is 1. The monoisotopic (exact) mass is 227 g/mol. The SMILES string of the molecule is N#CCCC(Cc1ccccc1)C(F)(F)F. The fourth-order valence-electron chi connectivity index (χ4n) is 1.52. The van der Waals surface area contributed by atoms with Crippen LogP contribution in [0.3, 0.4) is 0 Å². The average molecular weight is 227 g/mol. The van der Waals surface area contributed by atoms with Crippen LogP contribution in [-0.4, -0.2) is 6.18 Å². The standard InChI is InChI=1S/C12H12F3N/c13-12(14,15)11(7-4-8-16)9-10-5-2-1-3-6-10/h1-3,5-6,11H,4,7,9H2. The Bertz CT molecular complexity index is 351. The van der Waals surface area contributed by atoms with Crippen molar-refractivity contribution >= 4 is 0 Å². The Kier molecular flexibility index (Phi) is 4.36. The van der Waals surface area contributed by atoms with Crippen molar-refractivity contribution in [2.75, 3.05) is 0 Å². The molecule has 0 bridgehead atoms. The van der Waals surface area contributed by atoms with Crippen LogP contribution in [0.1, 0.15) is 18.4 Å². The largest absolute Gasteiger partial charge is 0.392 e. The molecule has 1 unspecified atom stereocenters. The second-order valence-corrected chi connectivity index (χ2v) is 3.63. The summed E-state index contributed by atoms with van der Waals surface area (Å²) in [6, 6.07) is 10.3. The van der Waals surface area contributed by atoms with Gasteiger partial charge in [-0.25, -0.2) is 0 Å². The van der Waals surface area contributed by atoms with Crippen molar-refractivity contribution in [2.24, 2.45) is 5.92 Å². The second-order valence-electron chi connectivity index (χ2n) is 3.63. The number of hydrogen-bond donors (Lipinski definition) is 0. The van der Waals surface area contributed by atoms with E-state index >= 15 is 0 Å². The summed E-state index contributed by atoms with van der Waals surface area (Å²) in [5, 5.41) is 8.33. The molecule has 16 heavy (non-hydrogen) atoms. The van der Waals surface area contributed by atoms with E-state index in [0.29, 0.717) is 5.56 Å². The van der Waals surface area contributed by atoms with Gasteiger partial charge < -0.3 is 0 Å². The highest BCUT2D eigenvalue weighted by Gasteiger charge is 2.38. The zero-order valence-corrected chi connectivity index (χ0v) is 8.67. The van der Waals surface area contributed by atoms with E-state index in [1.165, 1.54) is 0 Å². The molecule has 0 heterocycles. The number of rotatable bonds is 4. The van der Waals surface area contributed by atoms with Crippen LogP contribution in [0, 0.1) is 17.2 Å². The molecule has 0 aliphatic heterocycles. The quantitative estimate of drug-likeness (QED) is 0.769. The van der Waals surface area contributed by atoms with E-state index in [-0.39, 0.29) is 19.3 Å². The lowest BCUT2D eigenvalue weighted by atomic mass is 9.94. The third-order valence-corrected chi connectivity index (χ3v) is 2.39. The van der Waals surface area contributed by atoms with Crippen molar-refractivity contribution in [3.63, 3.8) is 0 Å². The van der Waals surface area contributed by atoms with Gasteiger partial charge in [-0.05, 0) is 18.4 Å². The fraction of sp³-hybridized carbons (Fsp3) is 0.417. The summed E-state index contributed by atoms with van der Waals surface area (Å²) in [5.74, 6) is -1.42. The molecule has 0 spiro atoms. The third-order valence-electron chi connectivity index (χ3n) is 2.39. The van der Waals surface area contributed by atoms with Crippen molar-refractivity contribution < 1.29 is 13.2 Å². The van der Waals surface area contributed by atoms with Gasteiger partial charge in [-0.15, -0.1) is 0 Å². The summed E-state index contributed by atoms with van der Waals surface area (Å²) < 4.78 is 37.9. The van der Waals surface area contributed by atoms with E-state index in [0.717, 1.165) is 0 Å². The van der Waals surface area contributed by atoms with Gasteiger partial charge in [-0.1, -0.05) is 30.3 Å². The molecule has 0 radical (unpaired) electrons. The van der Waals surface area contributed by atoms with Crippen LogP contribution in [0.2, 0.25) is 0 Å². The lowest BCUT2D eigenvalue weighted by Crippen LogP contribution is -2.24. The third kappa shape index (κ3) is 3.93. The average Bonchev–Trinajstić information content (AvgIpc) is 2.24. The minimum Gasteiger partial charge on any atom is -0.198 e. The number of nitriles is 1. The normalized spacial score (nSPS) is 13.1. The first kappa shape index (κ1) is 12.6. The van der Waals surface area contributed by atoms with Gasteiger partial charge in [0.1, 0.15) is 0 Å². The Morgan fingerprint density at radius 3 is 2.31 bits per heavy atom. The first-order valence-electron chi connectivity index (χ1n) is 5.01. The Morgan fingerprint density at radius 1 is 1.19 bits per heavy atom. The van der Waals surface area contributed by atoms with E-state index in [9.17, 15) is 13.2 Å². The molecule has 1 atom stereocenters. The van der Waals surface area contributed by atoms with Crippen molar-refractivity contribution in [3.05, 3.63) is 35.9 Å². The van der Waals surface area contributed by atoms with Crippen molar-refractivity contribution in [1.82, 2.24) is 0 Å². The number of nitrogens with zero attached hydrogens (tertiary/aromatic N) is 1. The van der Waals surface area contributed by atoms with E-state index in [1.54, 1.807) is 36.4 Å². The van der Waals surface area contributed by atoms with Crippen LogP contribution in [-0.2, 0) is 6.42 Å². The van der Waals surface area contributed by atoms with Gasteiger partial charge in [-0.2, -0.15) is 18.4 Å². The minimum absolute atomic E-state index is 0.0496. The van der Waals surface area contributed by atoms with Gasteiger partial charge in [0, 0.05) is 6.42 Å². The molecule has 1 rings (SSSR count). The van der Waals surface area contributed by atoms with Gasteiger partial charge in [-0.3, -0.25) is 0 Å². The Balaban J connectivity index is 2.68. The van der Waals surface area contributed by atoms with Gasteiger partial charge in [0.15, 0.2) is 0 Å². The highest BCUT2D eigenvalue weighted by Crippen LogP contribution is 2.32. The zero-order chi connectivity index (χ0) is 12.0. The Hall–Kier alpha value is -1.50. The van der Waals surface area contributed by atoms with E-state index in [2.05, 4.69) is 0 Å². The molecule has 0 saturated heterocycles. The molecule has 4 heteroatoms. The molecular weight excluding hydrogens is 215 g/mol. The molecular formula is C12H12F3N. The van der Waals surface area contributed by atoms with Gasteiger partial charge in [0.25, 0.3) is 0 Å². The van der Waals surface area contributed by atoms with Crippen LogP contribution in [0.25, 0.3) is 0 Å². The maximum atomic E-state index is 12.6. The van der Waals surface area contributed by atoms with Crippen LogP contribution >= 0.6 is 0 Å². The van der Waals surface area contributed by atoms with Crippen LogP contribution < -0.4 is 0 Å². The highest BCUT2D eigenvalue weighted by atomic mass is 19.4. The van der Waals surface area contributed by atoms with Crippen LogP contribution in [0.4, 0.5) is 13.2 Å². The Labute approximate surface area is 92.5 Å². The van der Waals surface area contributed by atoms with Crippen molar-refractivity contribution in [1.29, 1.82) is 5.26 Å². The molecule has 1 nitrogen and oxygen atoms in total. The highest BCUT2D eigenvalue weighted by molar-refractivity contribution is 5.15. The molecule has 0 amide bonds. The molecule has 0 aliphatic carbocycles. The number of hydrogen-bond acceptors (Lipinski definition) is 1. The molecule has 0 fully saturated rings. The number of halogens is 3. The van der Waals surface area contributed by atoms with E-state index < -0.39 is 12.1 Å². The predicted octanol–water partition coefficient (Wildman–Crippen LogP) is 3.71. The van der Waals surface area contributed by atoms with Crippen LogP contribution in [0.15, 0.2) is 30.3 Å². The lowest BCUT2D eigenvalue weighted by molar-refractivity contribution is -0.175. The first-order valence-corrected chi connectivity index (χ1v) is 5.01. The zero-order valence-electron chi connectivity index (χ0n) is 8.67. The first-order chi connectivity index (χ1) is 7.54. The summed E-state index contributed by atoms with van der Waals surface area (Å²) in [4.78, 5) is 0. The van der Waals surface area contributed by atoms with E-state index in [1.807, 2.05) is 0 Å². The van der Waals surface area contributed by atoms with Crippen LogP contribution in [0.5, 0.6) is 0 Å². The van der Waals surface area contributed by atoms with Crippen molar-refractivity contribution in [2.45, 2.75) is 25.4 Å². The molecule has 0 aromatic heterocycles. The maximum Gasteiger partial charge on any atom is 0.392 e. The maximum absolute atomic E-state index is 12.6. The van der Waals surface area contributed by atoms with Crippen molar-refractivity contribution in [3.8, 4) is 6.07 Å². The van der Waals surface area contributed by atoms with Gasteiger partial charge >= 0.3 is 6.18 Å². The molecule has 86 valence electrons. The van der Waals surface area contributed by atoms with Gasteiger partial charge in [0.2, 0.25) is 0 Å². The van der Waals surface area contributed by atoms with Gasteiger partial charge in [0.05, 0.1) is 12.0 Å². The predicted molar refractivity (Wildman–Crippen MR) is 54.5 cm³/mol. The molecule has 1 aromatic rings. The summed E-state index contributed by atoms with van der Waals surface area (Å²) in [6.07, 6.45) is -4.47.